The molecule has 2 aromatic carbocycles. The first-order valence-corrected chi connectivity index (χ1v) is 10.3. The smallest absolute Gasteiger partial charge is 0.322 e. The van der Waals surface area contributed by atoms with E-state index in [-0.39, 0.29) is 16.5 Å². The summed E-state index contributed by atoms with van der Waals surface area (Å²) in [5, 5.41) is 9.80. The number of benzene rings is 2. The van der Waals surface area contributed by atoms with E-state index in [2.05, 4.69) is 15.5 Å². The minimum Gasteiger partial charge on any atom is -0.403 e. The van der Waals surface area contributed by atoms with Gasteiger partial charge in [-0.25, -0.2) is 8.42 Å². The van der Waals surface area contributed by atoms with Crippen molar-refractivity contribution in [1.82, 2.24) is 10.2 Å². The maximum absolute atomic E-state index is 12.4. The van der Waals surface area contributed by atoms with Crippen LogP contribution in [0.3, 0.4) is 0 Å². The van der Waals surface area contributed by atoms with E-state index < -0.39 is 21.0 Å². The van der Waals surface area contributed by atoms with Crippen LogP contribution < -0.4 is 5.32 Å². The van der Waals surface area contributed by atoms with Crippen molar-refractivity contribution < 1.29 is 17.6 Å². The highest BCUT2D eigenvalue weighted by Crippen LogP contribution is 2.23. The van der Waals surface area contributed by atoms with Crippen LogP contribution in [0.5, 0.6) is 0 Å². The fourth-order valence-corrected chi connectivity index (χ4v) is 3.56. The van der Waals surface area contributed by atoms with E-state index in [0.29, 0.717) is 5.89 Å². The van der Waals surface area contributed by atoms with Gasteiger partial charge in [-0.05, 0) is 75.2 Å². The zero-order chi connectivity index (χ0) is 20.5. The SMILES string of the molecule is Cc1ccc(-c2nnc(NC(=O)c3ccc(S(=O)(=O)C(C)C)cc3)o2)cc1C. The lowest BCUT2D eigenvalue weighted by atomic mass is 10.1. The third-order valence-electron chi connectivity index (χ3n) is 4.46. The average Bonchev–Trinajstić information content (AvgIpc) is 3.12. The molecule has 3 aromatic rings. The monoisotopic (exact) mass is 399 g/mol. The Balaban J connectivity index is 1.75. The molecule has 8 heteroatoms. The van der Waals surface area contributed by atoms with Gasteiger partial charge in [0, 0.05) is 11.1 Å². The molecule has 0 aliphatic rings. The van der Waals surface area contributed by atoms with Crippen molar-refractivity contribution in [2.24, 2.45) is 0 Å². The Morgan fingerprint density at radius 2 is 1.68 bits per heavy atom. The summed E-state index contributed by atoms with van der Waals surface area (Å²) in [7, 11) is -3.38. The van der Waals surface area contributed by atoms with Crippen LogP contribution >= 0.6 is 0 Å². The standard InChI is InChI=1S/C20H21N3O4S/c1-12(2)28(25,26)17-9-7-15(8-10-17)18(24)21-20-23-22-19(27-20)16-6-5-13(3)14(4)11-16/h5-12H,1-4H3,(H,21,23,24). The van der Waals surface area contributed by atoms with E-state index in [1.165, 1.54) is 24.3 Å². The Hall–Kier alpha value is -3.00. The van der Waals surface area contributed by atoms with Gasteiger partial charge in [-0.3, -0.25) is 10.1 Å². The van der Waals surface area contributed by atoms with Gasteiger partial charge in [0.2, 0.25) is 5.89 Å². The third-order valence-corrected chi connectivity index (χ3v) is 6.64. The highest BCUT2D eigenvalue weighted by atomic mass is 32.2. The number of hydrogen-bond acceptors (Lipinski definition) is 6. The van der Waals surface area contributed by atoms with Crippen LogP contribution in [-0.4, -0.2) is 29.8 Å². The molecule has 1 heterocycles. The van der Waals surface area contributed by atoms with Crippen molar-refractivity contribution in [1.29, 1.82) is 0 Å². The molecule has 0 unspecified atom stereocenters. The first-order chi connectivity index (χ1) is 13.2. The molecule has 3 rings (SSSR count). The molecule has 0 aliphatic heterocycles. The minimum atomic E-state index is -3.38. The first kappa shape index (κ1) is 19.8. The number of anilines is 1. The molecule has 0 saturated heterocycles. The Labute approximate surface area is 163 Å². The number of hydrogen-bond donors (Lipinski definition) is 1. The van der Waals surface area contributed by atoms with Crippen molar-refractivity contribution in [3.05, 3.63) is 59.2 Å². The molecule has 0 bridgehead atoms. The van der Waals surface area contributed by atoms with E-state index in [9.17, 15) is 13.2 Å². The fraction of sp³-hybridized carbons (Fsp3) is 0.250. The third kappa shape index (κ3) is 3.96. The van der Waals surface area contributed by atoms with E-state index in [0.717, 1.165) is 16.7 Å². The average molecular weight is 399 g/mol. The first-order valence-electron chi connectivity index (χ1n) is 8.75. The number of carbonyl (C=O) groups is 1. The van der Waals surface area contributed by atoms with E-state index in [4.69, 9.17) is 4.42 Å². The molecule has 0 spiro atoms. The number of sulfone groups is 1. The maximum atomic E-state index is 12.4. The molecule has 0 atom stereocenters. The summed E-state index contributed by atoms with van der Waals surface area (Å²) in [5.41, 5.74) is 3.30. The fourth-order valence-electron chi connectivity index (χ4n) is 2.50. The summed E-state index contributed by atoms with van der Waals surface area (Å²) in [4.78, 5) is 12.5. The summed E-state index contributed by atoms with van der Waals surface area (Å²) in [6.07, 6.45) is 0. The number of aromatic nitrogens is 2. The molecule has 146 valence electrons. The molecule has 7 nitrogen and oxygen atoms in total. The van der Waals surface area contributed by atoms with Crippen molar-refractivity contribution in [2.75, 3.05) is 5.32 Å². The highest BCUT2D eigenvalue weighted by molar-refractivity contribution is 7.92. The Kier molecular flexibility index (Phi) is 5.33. The summed E-state index contributed by atoms with van der Waals surface area (Å²) >= 11 is 0. The van der Waals surface area contributed by atoms with Crippen molar-refractivity contribution in [3.63, 3.8) is 0 Å². The van der Waals surface area contributed by atoms with Gasteiger partial charge >= 0.3 is 6.01 Å². The number of rotatable bonds is 5. The van der Waals surface area contributed by atoms with Crippen molar-refractivity contribution in [2.45, 2.75) is 37.8 Å². The van der Waals surface area contributed by atoms with Crippen molar-refractivity contribution >= 4 is 21.8 Å². The van der Waals surface area contributed by atoms with Crippen LogP contribution in [-0.2, 0) is 9.84 Å². The predicted molar refractivity (Wildman–Crippen MR) is 106 cm³/mol. The zero-order valence-corrected chi connectivity index (χ0v) is 16.9. The second kappa shape index (κ2) is 7.55. The Bertz CT molecular complexity index is 1120. The maximum Gasteiger partial charge on any atom is 0.322 e. The molecular formula is C20H21N3O4S. The van der Waals surface area contributed by atoms with Gasteiger partial charge in [0.05, 0.1) is 10.1 Å². The molecule has 0 saturated carbocycles. The number of aryl methyl sites for hydroxylation is 2. The van der Waals surface area contributed by atoms with E-state index in [1.807, 2.05) is 32.0 Å². The lowest BCUT2D eigenvalue weighted by Crippen LogP contribution is -2.15. The zero-order valence-electron chi connectivity index (χ0n) is 16.1. The summed E-state index contributed by atoms with van der Waals surface area (Å²) in [6, 6.07) is 11.5. The van der Waals surface area contributed by atoms with E-state index >= 15 is 0 Å². The minimum absolute atomic E-state index is 0.0305. The van der Waals surface area contributed by atoms with Gasteiger partial charge in [0.25, 0.3) is 5.91 Å². The van der Waals surface area contributed by atoms with Gasteiger partial charge in [-0.1, -0.05) is 11.2 Å². The number of nitrogens with zero attached hydrogens (tertiary/aromatic N) is 2. The predicted octanol–water partition coefficient (Wildman–Crippen LogP) is 3.79. The molecule has 0 aliphatic carbocycles. The summed E-state index contributed by atoms with van der Waals surface area (Å²) in [5.74, 6) is -0.166. The lowest BCUT2D eigenvalue weighted by Gasteiger charge is -2.08. The number of amides is 1. The lowest BCUT2D eigenvalue weighted by molar-refractivity contribution is 0.102. The van der Waals surface area contributed by atoms with Gasteiger partial charge in [0.15, 0.2) is 9.84 Å². The van der Waals surface area contributed by atoms with E-state index in [1.54, 1.807) is 13.8 Å². The second-order valence-electron chi connectivity index (χ2n) is 6.78. The summed E-state index contributed by atoms with van der Waals surface area (Å²) < 4.78 is 29.8. The number of carbonyl (C=O) groups excluding carboxylic acids is 1. The largest absolute Gasteiger partial charge is 0.403 e. The Morgan fingerprint density at radius 3 is 2.29 bits per heavy atom. The van der Waals surface area contributed by atoms with Crippen molar-refractivity contribution in [3.8, 4) is 11.5 Å². The molecule has 0 radical (unpaired) electrons. The van der Waals surface area contributed by atoms with Gasteiger partial charge in [0.1, 0.15) is 0 Å². The Morgan fingerprint density at radius 1 is 1.00 bits per heavy atom. The van der Waals surface area contributed by atoms with Gasteiger partial charge in [-0.2, -0.15) is 0 Å². The summed E-state index contributed by atoms with van der Waals surface area (Å²) in [6.45, 7) is 7.22. The molecule has 1 aromatic heterocycles. The highest BCUT2D eigenvalue weighted by Gasteiger charge is 2.20. The molecule has 1 N–H and O–H groups in total. The van der Waals surface area contributed by atoms with Crippen LogP contribution in [0, 0.1) is 13.8 Å². The van der Waals surface area contributed by atoms with Crippen LogP contribution in [0.25, 0.3) is 11.5 Å². The molecule has 1 amide bonds. The van der Waals surface area contributed by atoms with Crippen LogP contribution in [0.4, 0.5) is 6.01 Å². The number of nitrogens with one attached hydrogen (secondary N) is 1. The van der Waals surface area contributed by atoms with Gasteiger partial charge < -0.3 is 4.42 Å². The molecule has 28 heavy (non-hydrogen) atoms. The topological polar surface area (TPSA) is 102 Å². The molecular weight excluding hydrogens is 378 g/mol. The normalized spacial score (nSPS) is 11.6. The molecule has 0 fully saturated rings. The van der Waals surface area contributed by atoms with Crippen LogP contribution in [0.15, 0.2) is 51.8 Å². The van der Waals surface area contributed by atoms with Crippen LogP contribution in [0.2, 0.25) is 0 Å². The van der Waals surface area contributed by atoms with Gasteiger partial charge in [-0.15, -0.1) is 5.10 Å². The second-order valence-corrected chi connectivity index (χ2v) is 9.29. The van der Waals surface area contributed by atoms with Crippen LogP contribution in [0.1, 0.15) is 35.3 Å². The quantitative estimate of drug-likeness (QED) is 0.700.